The van der Waals surface area contributed by atoms with Crippen LogP contribution in [0.1, 0.15) is 5.56 Å². The molecule has 0 spiro atoms. The Hall–Kier alpha value is -1.54. The predicted octanol–water partition coefficient (Wildman–Crippen LogP) is 1.52. The van der Waals surface area contributed by atoms with E-state index in [0.717, 1.165) is 0 Å². The van der Waals surface area contributed by atoms with Gasteiger partial charge in [0, 0.05) is 10.5 Å². The van der Waals surface area contributed by atoms with Gasteiger partial charge in [0.25, 0.3) is 5.69 Å². The molecule has 0 saturated heterocycles. The minimum atomic E-state index is -0.493. The van der Waals surface area contributed by atoms with Crippen molar-refractivity contribution < 1.29 is 4.92 Å². The second kappa shape index (κ2) is 5.52. The Kier molecular flexibility index (Phi) is 4.32. The molecule has 0 aliphatic carbocycles. The summed E-state index contributed by atoms with van der Waals surface area (Å²) in [7, 11) is 0. The number of nitrogens with two attached hydrogens (primary N) is 1. The summed E-state index contributed by atoms with van der Waals surface area (Å²) in [5.41, 5.74) is 7.77. The minimum Gasteiger partial charge on any atom is -0.375 e. The summed E-state index contributed by atoms with van der Waals surface area (Å²) in [5.74, 6) is 0. The lowest BCUT2D eigenvalue weighted by atomic mass is 10.2. The van der Waals surface area contributed by atoms with Crippen LogP contribution in [-0.4, -0.2) is 16.3 Å². The lowest BCUT2D eigenvalue weighted by molar-refractivity contribution is -0.385. The summed E-state index contributed by atoms with van der Waals surface area (Å²) < 4.78 is 0.624. The molecule has 1 aromatic carbocycles. The van der Waals surface area contributed by atoms with Gasteiger partial charge in [0.2, 0.25) is 0 Å². The Labute approximate surface area is 105 Å². The molecule has 6 nitrogen and oxygen atoms in total. The van der Waals surface area contributed by atoms with E-state index in [0.29, 0.717) is 10.0 Å². The van der Waals surface area contributed by atoms with Gasteiger partial charge in [-0.25, -0.2) is 0 Å². The lowest BCUT2D eigenvalue weighted by Crippen LogP contribution is -2.24. The Morgan fingerprint density at radius 1 is 1.69 bits per heavy atom. The predicted molar refractivity (Wildman–Crippen MR) is 68.3 cm³/mol. The fraction of sp³-hybridized carbons (Fsp3) is 0. The van der Waals surface area contributed by atoms with Crippen LogP contribution < -0.4 is 11.2 Å². The number of nitro groups is 1. The molecule has 16 heavy (non-hydrogen) atoms. The van der Waals surface area contributed by atoms with Crippen LogP contribution >= 0.6 is 28.1 Å². The number of halogens is 1. The number of nitrogens with one attached hydrogen (secondary N) is 1. The van der Waals surface area contributed by atoms with Crippen molar-refractivity contribution in [3.8, 4) is 0 Å². The highest BCUT2D eigenvalue weighted by Gasteiger charge is 2.12. The smallest absolute Gasteiger partial charge is 0.279 e. The first-order valence-corrected chi connectivity index (χ1v) is 5.23. The van der Waals surface area contributed by atoms with Crippen LogP contribution in [0.25, 0.3) is 0 Å². The zero-order chi connectivity index (χ0) is 12.1. The molecule has 0 radical (unpaired) electrons. The maximum absolute atomic E-state index is 10.7. The Morgan fingerprint density at radius 3 is 2.94 bits per heavy atom. The van der Waals surface area contributed by atoms with E-state index < -0.39 is 4.92 Å². The molecule has 0 unspecified atom stereocenters. The molecular formula is C8H7BrN4O2S. The third kappa shape index (κ3) is 3.55. The van der Waals surface area contributed by atoms with E-state index in [9.17, 15) is 10.1 Å². The van der Waals surface area contributed by atoms with Gasteiger partial charge in [0.15, 0.2) is 5.11 Å². The number of rotatable bonds is 3. The molecule has 0 fully saturated rings. The van der Waals surface area contributed by atoms with Crippen molar-refractivity contribution in [2.75, 3.05) is 0 Å². The average molecular weight is 303 g/mol. The summed E-state index contributed by atoms with van der Waals surface area (Å²) >= 11 is 7.68. The van der Waals surface area contributed by atoms with Crippen molar-refractivity contribution in [2.24, 2.45) is 10.8 Å². The van der Waals surface area contributed by atoms with Gasteiger partial charge in [-0.05, 0) is 24.4 Å². The number of nitro benzene ring substituents is 1. The van der Waals surface area contributed by atoms with E-state index in [1.807, 2.05) is 0 Å². The summed E-state index contributed by atoms with van der Waals surface area (Å²) in [6.07, 6.45) is 1.28. The highest BCUT2D eigenvalue weighted by Crippen LogP contribution is 2.21. The zero-order valence-electron chi connectivity index (χ0n) is 7.88. The van der Waals surface area contributed by atoms with E-state index in [-0.39, 0.29) is 10.8 Å². The van der Waals surface area contributed by atoms with Crippen molar-refractivity contribution >= 4 is 45.2 Å². The SMILES string of the molecule is NC(=S)NN=Cc1ccc(Br)cc1[N+](=O)[O-]. The van der Waals surface area contributed by atoms with Crippen LogP contribution in [0.5, 0.6) is 0 Å². The van der Waals surface area contributed by atoms with Crippen molar-refractivity contribution in [3.05, 3.63) is 38.3 Å². The first kappa shape index (κ1) is 12.5. The van der Waals surface area contributed by atoms with Crippen molar-refractivity contribution in [3.63, 3.8) is 0 Å². The Bertz CT molecular complexity index is 463. The molecule has 0 saturated carbocycles. The van der Waals surface area contributed by atoms with Crippen molar-refractivity contribution in [2.45, 2.75) is 0 Å². The maximum atomic E-state index is 10.7. The Balaban J connectivity index is 2.99. The molecule has 3 N–H and O–H groups in total. The fourth-order valence-corrected chi connectivity index (χ4v) is 1.35. The second-order valence-electron chi connectivity index (χ2n) is 2.69. The second-order valence-corrected chi connectivity index (χ2v) is 4.05. The number of benzene rings is 1. The molecule has 0 atom stereocenters. The standard InChI is InChI=1S/C8H7BrN4O2S/c9-6-2-1-5(4-11-12-8(10)16)7(3-6)13(14)15/h1-4H,(H3,10,12,16). The monoisotopic (exact) mass is 302 g/mol. The maximum Gasteiger partial charge on any atom is 0.279 e. The van der Waals surface area contributed by atoms with Gasteiger partial charge in [0.05, 0.1) is 16.7 Å². The third-order valence-electron chi connectivity index (χ3n) is 1.57. The number of hydrazone groups is 1. The van der Waals surface area contributed by atoms with E-state index in [1.165, 1.54) is 12.3 Å². The summed E-state index contributed by atoms with van der Waals surface area (Å²) in [6.45, 7) is 0. The number of thiocarbonyl (C=S) groups is 1. The van der Waals surface area contributed by atoms with Gasteiger partial charge in [-0.3, -0.25) is 15.5 Å². The zero-order valence-corrected chi connectivity index (χ0v) is 10.3. The molecule has 8 heteroatoms. The van der Waals surface area contributed by atoms with Gasteiger partial charge >= 0.3 is 0 Å². The van der Waals surface area contributed by atoms with Crippen molar-refractivity contribution in [1.29, 1.82) is 0 Å². The van der Waals surface area contributed by atoms with E-state index in [2.05, 4.69) is 38.7 Å². The summed E-state index contributed by atoms with van der Waals surface area (Å²) in [6, 6.07) is 4.63. The molecule has 0 aliphatic heterocycles. The first-order valence-electron chi connectivity index (χ1n) is 4.03. The first-order chi connectivity index (χ1) is 7.50. The summed E-state index contributed by atoms with van der Waals surface area (Å²) in [5, 5.41) is 14.4. The quantitative estimate of drug-likeness (QED) is 0.382. The molecular weight excluding hydrogens is 296 g/mol. The van der Waals surface area contributed by atoms with E-state index >= 15 is 0 Å². The summed E-state index contributed by atoms with van der Waals surface area (Å²) in [4.78, 5) is 10.2. The fourth-order valence-electron chi connectivity index (χ4n) is 0.950. The number of hydrogen-bond acceptors (Lipinski definition) is 4. The van der Waals surface area contributed by atoms with Crippen LogP contribution in [0.4, 0.5) is 5.69 Å². The van der Waals surface area contributed by atoms with Crippen LogP contribution in [0.3, 0.4) is 0 Å². The number of nitrogens with zero attached hydrogens (tertiary/aromatic N) is 2. The highest BCUT2D eigenvalue weighted by molar-refractivity contribution is 9.10. The van der Waals surface area contributed by atoms with Crippen molar-refractivity contribution in [1.82, 2.24) is 5.43 Å². The molecule has 1 rings (SSSR count). The third-order valence-corrected chi connectivity index (χ3v) is 2.15. The lowest BCUT2D eigenvalue weighted by Gasteiger charge is -1.98. The molecule has 1 aromatic rings. The van der Waals surface area contributed by atoms with Gasteiger partial charge < -0.3 is 5.73 Å². The molecule has 84 valence electrons. The highest BCUT2D eigenvalue weighted by atomic mass is 79.9. The molecule has 0 bridgehead atoms. The molecule has 0 amide bonds. The topological polar surface area (TPSA) is 93.5 Å². The molecule has 0 heterocycles. The largest absolute Gasteiger partial charge is 0.375 e. The van der Waals surface area contributed by atoms with Gasteiger partial charge in [0.1, 0.15) is 0 Å². The van der Waals surface area contributed by atoms with E-state index in [1.54, 1.807) is 12.1 Å². The van der Waals surface area contributed by atoms with Gasteiger partial charge in [-0.15, -0.1) is 0 Å². The Morgan fingerprint density at radius 2 is 2.38 bits per heavy atom. The van der Waals surface area contributed by atoms with Gasteiger partial charge in [-0.2, -0.15) is 5.10 Å². The van der Waals surface area contributed by atoms with Crippen LogP contribution in [0.2, 0.25) is 0 Å². The normalized spacial score (nSPS) is 10.3. The minimum absolute atomic E-state index is 0.00369. The van der Waals surface area contributed by atoms with E-state index in [4.69, 9.17) is 5.73 Å². The number of hydrogen-bond donors (Lipinski definition) is 2. The average Bonchev–Trinajstić information content (AvgIpc) is 2.19. The van der Waals surface area contributed by atoms with Crippen LogP contribution in [-0.2, 0) is 0 Å². The van der Waals surface area contributed by atoms with Gasteiger partial charge in [-0.1, -0.05) is 15.9 Å². The van der Waals surface area contributed by atoms with Crippen LogP contribution in [0, 0.1) is 10.1 Å². The molecule has 0 aliphatic rings. The molecule has 0 aromatic heterocycles. The van der Waals surface area contributed by atoms with Crippen LogP contribution in [0.15, 0.2) is 27.8 Å².